The van der Waals surface area contributed by atoms with Crippen LogP contribution in [0.15, 0.2) is 42.5 Å². The van der Waals surface area contributed by atoms with Crippen molar-refractivity contribution in [2.45, 2.75) is 20.8 Å². The number of ether oxygens (including phenoxy) is 1. The van der Waals surface area contributed by atoms with Crippen molar-refractivity contribution in [1.82, 2.24) is 4.98 Å². The number of nitrogens with one attached hydrogen (secondary N) is 1. The van der Waals surface area contributed by atoms with E-state index in [-0.39, 0.29) is 12.5 Å². The molecule has 4 nitrogen and oxygen atoms in total. The molecule has 0 saturated carbocycles. The molecular formula is C20H19ClN2O2S. The summed E-state index contributed by atoms with van der Waals surface area (Å²) in [6.07, 6.45) is 0. The minimum Gasteiger partial charge on any atom is -0.483 e. The van der Waals surface area contributed by atoms with Gasteiger partial charge in [-0.25, -0.2) is 4.98 Å². The first-order valence-electron chi connectivity index (χ1n) is 8.16. The van der Waals surface area contributed by atoms with Gasteiger partial charge in [0.25, 0.3) is 5.91 Å². The predicted molar refractivity (Wildman–Crippen MR) is 107 cm³/mol. The lowest BCUT2D eigenvalue weighted by Gasteiger charge is -2.10. The molecule has 3 rings (SSSR count). The number of aromatic nitrogens is 1. The summed E-state index contributed by atoms with van der Waals surface area (Å²) >= 11 is 7.48. The number of hydrogen-bond acceptors (Lipinski definition) is 4. The molecule has 3 aromatic rings. The third kappa shape index (κ3) is 4.23. The van der Waals surface area contributed by atoms with E-state index in [0.717, 1.165) is 33.0 Å². The van der Waals surface area contributed by atoms with Gasteiger partial charge in [0.05, 0.1) is 5.69 Å². The highest BCUT2D eigenvalue weighted by atomic mass is 35.5. The molecule has 0 aliphatic carbocycles. The van der Waals surface area contributed by atoms with Crippen LogP contribution in [0.3, 0.4) is 0 Å². The Morgan fingerprint density at radius 3 is 2.73 bits per heavy atom. The van der Waals surface area contributed by atoms with Crippen LogP contribution in [0.4, 0.5) is 5.13 Å². The predicted octanol–water partition coefficient (Wildman–Crippen LogP) is 5.41. The van der Waals surface area contributed by atoms with Crippen molar-refractivity contribution < 1.29 is 9.53 Å². The first-order chi connectivity index (χ1) is 12.4. The van der Waals surface area contributed by atoms with Gasteiger partial charge in [0.2, 0.25) is 0 Å². The standard InChI is InChI=1S/C20H19ClN2O2S/c1-12-6-4-9-17(13(12)2)25-11-18(24)22-20-23-19(14(3)26-20)15-7-5-8-16(21)10-15/h4-10H,11H2,1-3H3,(H,22,23,24). The molecular weight excluding hydrogens is 368 g/mol. The normalized spacial score (nSPS) is 10.6. The molecule has 1 amide bonds. The number of amides is 1. The maximum Gasteiger partial charge on any atom is 0.264 e. The van der Waals surface area contributed by atoms with Crippen LogP contribution in [-0.2, 0) is 4.79 Å². The third-order valence-electron chi connectivity index (χ3n) is 4.05. The highest BCUT2D eigenvalue weighted by Gasteiger charge is 2.13. The Bertz CT molecular complexity index is 953. The number of aryl methyl sites for hydroxylation is 2. The van der Waals surface area contributed by atoms with Crippen LogP contribution in [-0.4, -0.2) is 17.5 Å². The number of thiazole rings is 1. The number of carbonyl (C=O) groups excluding carboxylic acids is 1. The van der Waals surface area contributed by atoms with Gasteiger partial charge in [0.15, 0.2) is 11.7 Å². The second-order valence-corrected chi connectivity index (χ2v) is 7.61. The molecule has 0 saturated heterocycles. The van der Waals surface area contributed by atoms with Crippen LogP contribution in [0.1, 0.15) is 16.0 Å². The molecule has 1 N–H and O–H groups in total. The zero-order chi connectivity index (χ0) is 18.7. The summed E-state index contributed by atoms with van der Waals surface area (Å²) in [4.78, 5) is 17.7. The Labute approximate surface area is 161 Å². The van der Waals surface area contributed by atoms with Crippen molar-refractivity contribution in [3.05, 3.63) is 63.5 Å². The van der Waals surface area contributed by atoms with Gasteiger partial charge in [-0.15, -0.1) is 11.3 Å². The molecule has 1 aromatic heterocycles. The number of benzene rings is 2. The van der Waals surface area contributed by atoms with Gasteiger partial charge in [-0.05, 0) is 50.1 Å². The van der Waals surface area contributed by atoms with E-state index in [0.29, 0.717) is 10.2 Å². The van der Waals surface area contributed by atoms with E-state index < -0.39 is 0 Å². The average molecular weight is 387 g/mol. The molecule has 0 unspecified atom stereocenters. The number of rotatable bonds is 5. The van der Waals surface area contributed by atoms with Gasteiger partial charge in [0, 0.05) is 15.5 Å². The molecule has 0 radical (unpaired) electrons. The highest BCUT2D eigenvalue weighted by molar-refractivity contribution is 7.16. The number of hydrogen-bond donors (Lipinski definition) is 1. The van der Waals surface area contributed by atoms with Crippen LogP contribution < -0.4 is 10.1 Å². The second kappa shape index (κ2) is 7.89. The Hall–Kier alpha value is -2.37. The molecule has 6 heteroatoms. The molecule has 0 bridgehead atoms. The summed E-state index contributed by atoms with van der Waals surface area (Å²) in [6, 6.07) is 13.3. The maximum absolute atomic E-state index is 12.2. The maximum atomic E-state index is 12.2. The molecule has 134 valence electrons. The fourth-order valence-corrected chi connectivity index (χ4v) is 3.57. The largest absolute Gasteiger partial charge is 0.483 e. The lowest BCUT2D eigenvalue weighted by Crippen LogP contribution is -2.20. The van der Waals surface area contributed by atoms with E-state index in [9.17, 15) is 4.79 Å². The fraction of sp³-hybridized carbons (Fsp3) is 0.200. The Balaban J connectivity index is 1.67. The van der Waals surface area contributed by atoms with E-state index >= 15 is 0 Å². The van der Waals surface area contributed by atoms with E-state index in [2.05, 4.69) is 10.3 Å². The lowest BCUT2D eigenvalue weighted by molar-refractivity contribution is -0.118. The van der Waals surface area contributed by atoms with Crippen molar-refractivity contribution in [2.24, 2.45) is 0 Å². The van der Waals surface area contributed by atoms with Crippen LogP contribution in [0.2, 0.25) is 5.02 Å². The minimum absolute atomic E-state index is 0.0601. The fourth-order valence-electron chi connectivity index (χ4n) is 2.53. The van der Waals surface area contributed by atoms with E-state index in [4.69, 9.17) is 16.3 Å². The Kier molecular flexibility index (Phi) is 5.59. The van der Waals surface area contributed by atoms with Crippen molar-refractivity contribution in [3.8, 4) is 17.0 Å². The molecule has 0 aliphatic rings. The molecule has 0 aliphatic heterocycles. The van der Waals surface area contributed by atoms with Gasteiger partial charge in [-0.1, -0.05) is 35.9 Å². The zero-order valence-corrected chi connectivity index (χ0v) is 16.4. The van der Waals surface area contributed by atoms with Gasteiger partial charge in [-0.2, -0.15) is 0 Å². The van der Waals surface area contributed by atoms with Gasteiger partial charge < -0.3 is 4.74 Å². The molecule has 0 atom stereocenters. The first kappa shape index (κ1) is 18.4. The number of nitrogens with zero attached hydrogens (tertiary/aromatic N) is 1. The Morgan fingerprint density at radius 1 is 1.19 bits per heavy atom. The van der Waals surface area contributed by atoms with Gasteiger partial charge >= 0.3 is 0 Å². The average Bonchev–Trinajstić information content (AvgIpc) is 2.96. The van der Waals surface area contributed by atoms with Crippen molar-refractivity contribution in [2.75, 3.05) is 11.9 Å². The number of anilines is 1. The van der Waals surface area contributed by atoms with Crippen molar-refractivity contribution in [1.29, 1.82) is 0 Å². The van der Waals surface area contributed by atoms with E-state index in [1.165, 1.54) is 11.3 Å². The van der Waals surface area contributed by atoms with Crippen LogP contribution >= 0.6 is 22.9 Å². The summed E-state index contributed by atoms with van der Waals surface area (Å²) < 4.78 is 5.64. The summed E-state index contributed by atoms with van der Waals surface area (Å²) in [5.74, 6) is 0.479. The van der Waals surface area contributed by atoms with Crippen LogP contribution in [0.25, 0.3) is 11.3 Å². The summed E-state index contributed by atoms with van der Waals surface area (Å²) in [7, 11) is 0. The van der Waals surface area contributed by atoms with E-state index in [1.807, 2.05) is 63.2 Å². The molecule has 0 fully saturated rings. The van der Waals surface area contributed by atoms with Crippen molar-refractivity contribution >= 4 is 34.0 Å². The Morgan fingerprint density at radius 2 is 1.96 bits per heavy atom. The SMILES string of the molecule is Cc1cccc(OCC(=O)Nc2nc(-c3cccc(Cl)c3)c(C)s2)c1C. The lowest BCUT2D eigenvalue weighted by atomic mass is 10.1. The van der Waals surface area contributed by atoms with Gasteiger partial charge in [-0.3, -0.25) is 10.1 Å². The summed E-state index contributed by atoms with van der Waals surface area (Å²) in [5.41, 5.74) is 3.92. The van der Waals surface area contributed by atoms with Crippen molar-refractivity contribution in [3.63, 3.8) is 0 Å². The van der Waals surface area contributed by atoms with Gasteiger partial charge in [0.1, 0.15) is 5.75 Å². The third-order valence-corrected chi connectivity index (χ3v) is 5.18. The topological polar surface area (TPSA) is 51.2 Å². The number of halogens is 1. The van der Waals surface area contributed by atoms with E-state index in [1.54, 1.807) is 0 Å². The summed E-state index contributed by atoms with van der Waals surface area (Å²) in [5, 5.41) is 4.01. The van der Waals surface area contributed by atoms with Crippen LogP contribution in [0.5, 0.6) is 5.75 Å². The molecule has 2 aromatic carbocycles. The second-order valence-electron chi connectivity index (χ2n) is 5.97. The smallest absolute Gasteiger partial charge is 0.264 e. The first-order valence-corrected chi connectivity index (χ1v) is 9.35. The monoisotopic (exact) mass is 386 g/mol. The summed E-state index contributed by atoms with van der Waals surface area (Å²) in [6.45, 7) is 5.90. The quantitative estimate of drug-likeness (QED) is 0.638. The molecule has 1 heterocycles. The zero-order valence-electron chi connectivity index (χ0n) is 14.8. The minimum atomic E-state index is -0.239. The van der Waals surface area contributed by atoms with Crippen LogP contribution in [0, 0.1) is 20.8 Å². The number of carbonyl (C=O) groups is 1. The molecule has 0 spiro atoms. The highest BCUT2D eigenvalue weighted by Crippen LogP contribution is 2.31. The molecule has 26 heavy (non-hydrogen) atoms.